The maximum atomic E-state index is 14.1. The van der Waals surface area contributed by atoms with Crippen molar-refractivity contribution in [2.45, 2.75) is 25.8 Å². The van der Waals surface area contributed by atoms with Gasteiger partial charge in [0.05, 0.1) is 0 Å². The number of carbonyl (C=O) groups is 1. The molecule has 1 saturated heterocycles. The number of fused-ring (bicyclic) bond motifs is 1. The van der Waals surface area contributed by atoms with Crippen LogP contribution in [0.3, 0.4) is 0 Å². The molecule has 0 atom stereocenters. The van der Waals surface area contributed by atoms with Gasteiger partial charge in [-0.15, -0.1) is 11.3 Å². The lowest BCUT2D eigenvalue weighted by atomic mass is 10.1. The van der Waals surface area contributed by atoms with Crippen LogP contribution in [0.5, 0.6) is 0 Å². The molecule has 1 aliphatic heterocycles. The molecule has 1 fully saturated rings. The fraction of sp³-hybridized carbons (Fsp3) is 0.400. The molecule has 1 aromatic heterocycles. The van der Waals surface area contributed by atoms with E-state index in [1.165, 1.54) is 23.8 Å². The van der Waals surface area contributed by atoms with Crippen molar-refractivity contribution in [3.05, 3.63) is 34.5 Å². The standard InChI is InChI=1S/C15H16FNO2S/c16-11-5-4-6-12-13(11)10(14(20-12)15(18)19)9-17-7-2-1-3-8-17/h4-6H,1-3,7-9H2,(H,18,19). The molecule has 1 N–H and O–H groups in total. The molecule has 3 rings (SSSR count). The highest BCUT2D eigenvalue weighted by Gasteiger charge is 2.22. The van der Waals surface area contributed by atoms with E-state index in [-0.39, 0.29) is 10.7 Å². The van der Waals surface area contributed by atoms with Gasteiger partial charge in [0.25, 0.3) is 0 Å². The second-order valence-electron chi connectivity index (χ2n) is 5.16. The first-order valence-corrected chi connectivity index (χ1v) is 7.64. The molecule has 2 aromatic rings. The van der Waals surface area contributed by atoms with Crippen LogP contribution in [0, 0.1) is 5.82 Å². The number of piperidine rings is 1. The molecule has 0 bridgehead atoms. The number of nitrogens with zero attached hydrogens (tertiary/aromatic N) is 1. The van der Waals surface area contributed by atoms with E-state index in [1.807, 2.05) is 0 Å². The summed E-state index contributed by atoms with van der Waals surface area (Å²) in [5.41, 5.74) is 0.637. The van der Waals surface area contributed by atoms with Crippen LogP contribution in [0.4, 0.5) is 4.39 Å². The normalized spacial score (nSPS) is 16.6. The number of hydrogen-bond donors (Lipinski definition) is 1. The number of likely N-dealkylation sites (tertiary alicyclic amines) is 1. The first-order valence-electron chi connectivity index (χ1n) is 6.82. The fourth-order valence-electron chi connectivity index (χ4n) is 2.83. The van der Waals surface area contributed by atoms with Crippen molar-refractivity contribution in [2.75, 3.05) is 13.1 Å². The summed E-state index contributed by atoms with van der Waals surface area (Å²) in [6.45, 7) is 2.46. The first kappa shape index (κ1) is 13.5. The second-order valence-corrected chi connectivity index (χ2v) is 6.22. The van der Waals surface area contributed by atoms with Crippen LogP contribution in [0.1, 0.15) is 34.5 Å². The summed E-state index contributed by atoms with van der Waals surface area (Å²) in [4.78, 5) is 13.9. The molecule has 1 aromatic carbocycles. The summed E-state index contributed by atoms with van der Waals surface area (Å²) in [7, 11) is 0. The largest absolute Gasteiger partial charge is 0.477 e. The number of halogens is 1. The number of hydrogen-bond acceptors (Lipinski definition) is 3. The minimum Gasteiger partial charge on any atom is -0.477 e. The Balaban J connectivity index is 2.06. The Bertz CT molecular complexity index is 647. The van der Waals surface area contributed by atoms with Gasteiger partial charge in [0.2, 0.25) is 0 Å². The first-order chi connectivity index (χ1) is 9.66. The fourth-order valence-corrected chi connectivity index (χ4v) is 3.90. The summed E-state index contributed by atoms with van der Waals surface area (Å²) in [5, 5.41) is 9.84. The highest BCUT2D eigenvalue weighted by molar-refractivity contribution is 7.21. The number of thiophene rings is 1. The molecule has 20 heavy (non-hydrogen) atoms. The van der Waals surface area contributed by atoms with Gasteiger partial charge in [0.15, 0.2) is 0 Å². The predicted molar refractivity (Wildman–Crippen MR) is 77.9 cm³/mol. The van der Waals surface area contributed by atoms with E-state index in [9.17, 15) is 14.3 Å². The van der Waals surface area contributed by atoms with Gasteiger partial charge in [-0.05, 0) is 38.1 Å². The Kier molecular flexibility index (Phi) is 3.72. The van der Waals surface area contributed by atoms with Crippen LogP contribution in [-0.2, 0) is 6.54 Å². The van der Waals surface area contributed by atoms with E-state index in [1.54, 1.807) is 12.1 Å². The summed E-state index contributed by atoms with van der Waals surface area (Å²) in [6.07, 6.45) is 3.49. The summed E-state index contributed by atoms with van der Waals surface area (Å²) < 4.78 is 14.8. The molecule has 0 radical (unpaired) electrons. The minimum absolute atomic E-state index is 0.274. The number of carboxylic acid groups (broad SMARTS) is 1. The zero-order valence-electron chi connectivity index (χ0n) is 11.1. The molecule has 106 valence electrons. The van der Waals surface area contributed by atoms with Crippen LogP contribution >= 0.6 is 11.3 Å². The molecule has 1 aliphatic rings. The second kappa shape index (κ2) is 5.50. The highest BCUT2D eigenvalue weighted by atomic mass is 32.1. The molecule has 0 unspecified atom stereocenters. The van der Waals surface area contributed by atoms with E-state index < -0.39 is 5.97 Å². The molecule has 3 nitrogen and oxygen atoms in total. The van der Waals surface area contributed by atoms with E-state index in [0.717, 1.165) is 30.6 Å². The lowest BCUT2D eigenvalue weighted by molar-refractivity contribution is 0.0700. The zero-order chi connectivity index (χ0) is 14.1. The third kappa shape index (κ3) is 2.43. The SMILES string of the molecule is O=C(O)c1sc2cccc(F)c2c1CN1CCCCC1. The molecule has 0 saturated carbocycles. The van der Waals surface area contributed by atoms with Gasteiger partial charge < -0.3 is 5.11 Å². The smallest absolute Gasteiger partial charge is 0.346 e. The number of carboxylic acids is 1. The molecule has 0 amide bonds. The molecule has 2 heterocycles. The van der Waals surface area contributed by atoms with E-state index in [0.29, 0.717) is 17.5 Å². The van der Waals surface area contributed by atoms with Gasteiger partial charge in [-0.1, -0.05) is 12.5 Å². The quantitative estimate of drug-likeness (QED) is 0.937. The van der Waals surface area contributed by atoms with Crippen LogP contribution < -0.4 is 0 Å². The maximum absolute atomic E-state index is 14.1. The zero-order valence-corrected chi connectivity index (χ0v) is 11.9. The Morgan fingerprint density at radius 2 is 2.05 bits per heavy atom. The Labute approximate surface area is 120 Å². The highest BCUT2D eigenvalue weighted by Crippen LogP contribution is 2.34. The van der Waals surface area contributed by atoms with E-state index in [2.05, 4.69) is 4.90 Å². The Morgan fingerprint density at radius 1 is 1.30 bits per heavy atom. The topological polar surface area (TPSA) is 40.5 Å². The van der Waals surface area contributed by atoms with E-state index in [4.69, 9.17) is 0 Å². The van der Waals surface area contributed by atoms with Crippen LogP contribution in [0.2, 0.25) is 0 Å². The maximum Gasteiger partial charge on any atom is 0.346 e. The monoisotopic (exact) mass is 293 g/mol. The average Bonchev–Trinajstić information content (AvgIpc) is 2.80. The van der Waals surface area contributed by atoms with Gasteiger partial charge in [-0.2, -0.15) is 0 Å². The van der Waals surface area contributed by atoms with Crippen molar-refractivity contribution in [1.29, 1.82) is 0 Å². The van der Waals surface area contributed by atoms with Crippen molar-refractivity contribution in [3.8, 4) is 0 Å². The average molecular weight is 293 g/mol. The molecule has 0 spiro atoms. The van der Waals surface area contributed by atoms with Crippen LogP contribution in [0.15, 0.2) is 18.2 Å². The lowest BCUT2D eigenvalue weighted by Crippen LogP contribution is -2.29. The lowest BCUT2D eigenvalue weighted by Gasteiger charge is -2.26. The molecular weight excluding hydrogens is 277 g/mol. The van der Waals surface area contributed by atoms with Gasteiger partial charge in [-0.25, -0.2) is 9.18 Å². The predicted octanol–water partition coefficient (Wildman–Crippen LogP) is 3.72. The van der Waals surface area contributed by atoms with Crippen LogP contribution in [-0.4, -0.2) is 29.1 Å². The Hall–Kier alpha value is -1.46. The number of benzene rings is 1. The van der Waals surface area contributed by atoms with Crippen molar-refractivity contribution in [1.82, 2.24) is 4.90 Å². The van der Waals surface area contributed by atoms with E-state index >= 15 is 0 Å². The van der Waals surface area contributed by atoms with Crippen molar-refractivity contribution >= 4 is 27.4 Å². The third-order valence-electron chi connectivity index (χ3n) is 3.79. The van der Waals surface area contributed by atoms with Gasteiger partial charge >= 0.3 is 5.97 Å². The Morgan fingerprint density at radius 3 is 2.75 bits per heavy atom. The summed E-state index contributed by atoms with van der Waals surface area (Å²) >= 11 is 1.17. The van der Waals surface area contributed by atoms with Crippen LogP contribution in [0.25, 0.3) is 10.1 Å². The van der Waals surface area contributed by atoms with Gasteiger partial charge in [-0.3, -0.25) is 4.90 Å². The summed E-state index contributed by atoms with van der Waals surface area (Å²) in [5.74, 6) is -1.28. The van der Waals surface area contributed by atoms with Gasteiger partial charge in [0, 0.05) is 22.2 Å². The summed E-state index contributed by atoms with van der Waals surface area (Å²) in [6, 6.07) is 4.82. The third-order valence-corrected chi connectivity index (χ3v) is 4.97. The number of rotatable bonds is 3. The molecular formula is C15H16FNO2S. The molecule has 0 aliphatic carbocycles. The number of aromatic carboxylic acids is 1. The van der Waals surface area contributed by atoms with Crippen molar-refractivity contribution in [2.24, 2.45) is 0 Å². The molecule has 5 heteroatoms. The van der Waals surface area contributed by atoms with Gasteiger partial charge in [0.1, 0.15) is 10.7 Å². The van der Waals surface area contributed by atoms with Crippen molar-refractivity contribution < 1.29 is 14.3 Å². The minimum atomic E-state index is -0.961. The van der Waals surface area contributed by atoms with Crippen molar-refractivity contribution in [3.63, 3.8) is 0 Å².